The topological polar surface area (TPSA) is 102 Å². The Morgan fingerprint density at radius 3 is 2.80 bits per heavy atom. The number of amides is 1. The van der Waals surface area contributed by atoms with Crippen molar-refractivity contribution in [3.63, 3.8) is 0 Å². The smallest absolute Gasteiger partial charge is 0.228 e. The van der Waals surface area contributed by atoms with Gasteiger partial charge in [0.25, 0.3) is 0 Å². The Morgan fingerprint density at radius 2 is 2.00 bits per heavy atom. The molecule has 1 aliphatic heterocycles. The van der Waals surface area contributed by atoms with Gasteiger partial charge in [-0.3, -0.25) is 19.7 Å². The van der Waals surface area contributed by atoms with Gasteiger partial charge in [0.05, 0.1) is 34.4 Å². The fraction of sp³-hybridized carbons (Fsp3) is 0.429. The van der Waals surface area contributed by atoms with Crippen LogP contribution >= 0.6 is 0 Å². The van der Waals surface area contributed by atoms with Gasteiger partial charge in [-0.05, 0) is 68.8 Å². The van der Waals surface area contributed by atoms with Crippen molar-refractivity contribution >= 4 is 11.6 Å². The summed E-state index contributed by atoms with van der Waals surface area (Å²) in [5, 5.41) is 14.2. The zero-order chi connectivity index (χ0) is 21.1. The number of anilines is 1. The summed E-state index contributed by atoms with van der Waals surface area (Å²) in [6, 6.07) is 7.51. The number of nitrogens with zero attached hydrogens (tertiary/aromatic N) is 7. The van der Waals surface area contributed by atoms with Crippen LogP contribution in [0.3, 0.4) is 0 Å². The van der Waals surface area contributed by atoms with Crippen molar-refractivity contribution in [2.45, 2.75) is 40.2 Å². The van der Waals surface area contributed by atoms with E-state index in [1.807, 2.05) is 45.0 Å². The summed E-state index contributed by atoms with van der Waals surface area (Å²) in [5.74, 6) is -0.0216. The number of rotatable bonds is 5. The molecule has 1 N–H and O–H groups in total. The van der Waals surface area contributed by atoms with Gasteiger partial charge in [-0.25, -0.2) is 4.68 Å². The van der Waals surface area contributed by atoms with Crippen LogP contribution in [0.5, 0.6) is 0 Å². The maximum Gasteiger partial charge on any atom is 0.228 e. The third kappa shape index (κ3) is 4.51. The second kappa shape index (κ2) is 8.66. The van der Waals surface area contributed by atoms with Crippen molar-refractivity contribution in [1.29, 1.82) is 0 Å². The maximum atomic E-state index is 12.9. The molecule has 1 aromatic carbocycles. The summed E-state index contributed by atoms with van der Waals surface area (Å²) >= 11 is 0. The Bertz CT molecular complexity index is 1030. The van der Waals surface area contributed by atoms with Crippen LogP contribution in [0.2, 0.25) is 0 Å². The van der Waals surface area contributed by atoms with Gasteiger partial charge in [-0.15, -0.1) is 5.10 Å². The number of benzene rings is 1. The number of tetrazole rings is 1. The fourth-order valence-electron chi connectivity index (χ4n) is 3.79. The van der Waals surface area contributed by atoms with E-state index in [1.54, 1.807) is 4.68 Å². The first-order chi connectivity index (χ1) is 14.5. The molecule has 9 heteroatoms. The Morgan fingerprint density at radius 1 is 1.17 bits per heavy atom. The molecule has 9 nitrogen and oxygen atoms in total. The summed E-state index contributed by atoms with van der Waals surface area (Å²) in [4.78, 5) is 24.5. The van der Waals surface area contributed by atoms with Gasteiger partial charge in [0, 0.05) is 18.8 Å². The molecule has 4 rings (SSSR count). The van der Waals surface area contributed by atoms with Gasteiger partial charge in [0.15, 0.2) is 0 Å². The standard InChI is InChI=1S/C21H26N8O/c1-14-15(2)24-20(16(3)23-14)12-28-9-5-6-17(11-28)21(30)25-18-7-4-8-19(10-18)29-13-22-26-27-29/h4,7-8,10,13,17H,5-6,9,11-12H2,1-3H3,(H,25,30)/t17-/m1/s1. The molecule has 2 aromatic heterocycles. The highest BCUT2D eigenvalue weighted by Gasteiger charge is 2.26. The van der Waals surface area contributed by atoms with Gasteiger partial charge in [0.1, 0.15) is 6.33 Å². The van der Waals surface area contributed by atoms with Crippen LogP contribution in [0.4, 0.5) is 5.69 Å². The van der Waals surface area contributed by atoms with Crippen LogP contribution in [-0.2, 0) is 11.3 Å². The molecule has 1 atom stereocenters. The van der Waals surface area contributed by atoms with Crippen LogP contribution in [0.15, 0.2) is 30.6 Å². The molecule has 1 saturated heterocycles. The predicted molar refractivity (Wildman–Crippen MR) is 112 cm³/mol. The van der Waals surface area contributed by atoms with E-state index in [0.717, 1.165) is 60.1 Å². The van der Waals surface area contributed by atoms with E-state index < -0.39 is 0 Å². The van der Waals surface area contributed by atoms with E-state index in [1.165, 1.54) is 6.33 Å². The van der Waals surface area contributed by atoms with Gasteiger partial charge in [0.2, 0.25) is 5.91 Å². The maximum absolute atomic E-state index is 12.9. The number of carbonyl (C=O) groups is 1. The van der Waals surface area contributed by atoms with Gasteiger partial charge in [-0.2, -0.15) is 0 Å². The van der Waals surface area contributed by atoms with Crippen LogP contribution < -0.4 is 5.32 Å². The van der Waals surface area contributed by atoms with Gasteiger partial charge in [-0.1, -0.05) is 6.07 Å². The molecule has 0 saturated carbocycles. The molecular formula is C21H26N8O. The lowest BCUT2D eigenvalue weighted by atomic mass is 9.96. The lowest BCUT2D eigenvalue weighted by molar-refractivity contribution is -0.121. The van der Waals surface area contributed by atoms with Crippen molar-refractivity contribution in [1.82, 2.24) is 35.1 Å². The number of hydrogen-bond acceptors (Lipinski definition) is 7. The molecule has 156 valence electrons. The zero-order valence-corrected chi connectivity index (χ0v) is 17.5. The number of likely N-dealkylation sites (tertiary alicyclic amines) is 1. The number of nitrogens with one attached hydrogen (secondary N) is 1. The summed E-state index contributed by atoms with van der Waals surface area (Å²) in [5.41, 5.74) is 5.42. The monoisotopic (exact) mass is 406 g/mol. The highest BCUT2D eigenvalue weighted by molar-refractivity contribution is 5.93. The van der Waals surface area contributed by atoms with Crippen LogP contribution in [0.1, 0.15) is 35.6 Å². The fourth-order valence-corrected chi connectivity index (χ4v) is 3.79. The van der Waals surface area contributed by atoms with Crippen molar-refractivity contribution in [2.75, 3.05) is 18.4 Å². The highest BCUT2D eigenvalue weighted by atomic mass is 16.1. The number of hydrogen-bond donors (Lipinski definition) is 1. The van der Waals surface area contributed by atoms with Crippen molar-refractivity contribution in [3.8, 4) is 5.69 Å². The molecule has 1 fully saturated rings. The first-order valence-electron chi connectivity index (χ1n) is 10.2. The van der Waals surface area contributed by atoms with E-state index in [4.69, 9.17) is 4.98 Å². The minimum atomic E-state index is -0.0600. The normalized spacial score (nSPS) is 17.1. The summed E-state index contributed by atoms with van der Waals surface area (Å²) < 4.78 is 1.56. The van der Waals surface area contributed by atoms with E-state index >= 15 is 0 Å². The SMILES string of the molecule is Cc1nc(C)c(CN2CCC[C@@H](C(=O)Nc3cccc(-n4cnnn4)c3)C2)nc1C. The molecule has 1 amide bonds. The number of piperidine rings is 1. The summed E-state index contributed by atoms with van der Waals surface area (Å²) in [6.45, 7) is 8.37. The summed E-state index contributed by atoms with van der Waals surface area (Å²) in [6.07, 6.45) is 3.39. The average molecular weight is 406 g/mol. The Hall–Kier alpha value is -3.20. The number of aryl methyl sites for hydroxylation is 3. The molecule has 3 heterocycles. The molecule has 30 heavy (non-hydrogen) atoms. The molecule has 0 bridgehead atoms. The molecule has 0 unspecified atom stereocenters. The van der Waals surface area contributed by atoms with E-state index in [2.05, 4.69) is 30.7 Å². The van der Waals surface area contributed by atoms with Gasteiger partial charge < -0.3 is 5.32 Å². The van der Waals surface area contributed by atoms with Crippen molar-refractivity contribution in [2.24, 2.45) is 5.92 Å². The minimum absolute atomic E-state index is 0.0384. The Balaban J connectivity index is 1.40. The Kier molecular flexibility index (Phi) is 5.80. The largest absolute Gasteiger partial charge is 0.326 e. The molecule has 1 aliphatic rings. The quantitative estimate of drug-likeness (QED) is 0.693. The third-order valence-electron chi connectivity index (χ3n) is 5.56. The van der Waals surface area contributed by atoms with E-state index in [0.29, 0.717) is 6.54 Å². The lowest BCUT2D eigenvalue weighted by Gasteiger charge is -2.32. The number of carbonyl (C=O) groups excluding carboxylic acids is 1. The van der Waals surface area contributed by atoms with Crippen molar-refractivity contribution in [3.05, 3.63) is 53.4 Å². The molecule has 3 aromatic rings. The first kappa shape index (κ1) is 20.1. The number of aromatic nitrogens is 6. The minimum Gasteiger partial charge on any atom is -0.326 e. The van der Waals surface area contributed by atoms with Crippen LogP contribution in [0.25, 0.3) is 5.69 Å². The first-order valence-corrected chi connectivity index (χ1v) is 10.2. The summed E-state index contributed by atoms with van der Waals surface area (Å²) in [7, 11) is 0. The highest BCUT2D eigenvalue weighted by Crippen LogP contribution is 2.22. The van der Waals surface area contributed by atoms with E-state index in [9.17, 15) is 4.79 Å². The molecule has 0 radical (unpaired) electrons. The van der Waals surface area contributed by atoms with Crippen molar-refractivity contribution < 1.29 is 4.79 Å². The Labute approximate surface area is 175 Å². The molecule has 0 spiro atoms. The third-order valence-corrected chi connectivity index (χ3v) is 5.56. The predicted octanol–water partition coefficient (Wildman–Crippen LogP) is 2.23. The second-order valence-corrected chi connectivity index (χ2v) is 7.79. The van der Waals surface area contributed by atoms with E-state index in [-0.39, 0.29) is 11.8 Å². The zero-order valence-electron chi connectivity index (χ0n) is 17.5. The molecular weight excluding hydrogens is 380 g/mol. The average Bonchev–Trinajstić information content (AvgIpc) is 3.27. The van der Waals surface area contributed by atoms with Crippen LogP contribution in [-0.4, -0.2) is 54.1 Å². The van der Waals surface area contributed by atoms with Crippen LogP contribution in [0, 0.1) is 26.7 Å². The second-order valence-electron chi connectivity index (χ2n) is 7.79. The lowest BCUT2D eigenvalue weighted by Crippen LogP contribution is -2.40. The molecule has 0 aliphatic carbocycles. The van der Waals surface area contributed by atoms with Gasteiger partial charge >= 0.3 is 0 Å².